The van der Waals surface area contributed by atoms with Crippen molar-refractivity contribution in [2.45, 2.75) is 12.5 Å². The van der Waals surface area contributed by atoms with E-state index in [1.807, 2.05) is 6.07 Å². The first-order valence-corrected chi connectivity index (χ1v) is 6.59. The molecule has 0 saturated heterocycles. The zero-order valence-electron chi connectivity index (χ0n) is 8.79. The Morgan fingerprint density at radius 1 is 1.24 bits per heavy atom. The highest BCUT2D eigenvalue weighted by Crippen LogP contribution is 2.29. The van der Waals surface area contributed by atoms with Crippen molar-refractivity contribution < 1.29 is 4.39 Å². The van der Waals surface area contributed by atoms with Crippen LogP contribution < -0.4 is 5.73 Å². The standard InChI is InChI=1S/C12H10Cl2FNS/c13-8-3-1-2-7(12(8)15)6-9(16)10-4-5-11(14)17-10/h1-5,9H,6,16H2. The minimum absolute atomic E-state index is 0.124. The van der Waals surface area contributed by atoms with Gasteiger partial charge in [-0.2, -0.15) is 0 Å². The van der Waals surface area contributed by atoms with Gasteiger partial charge in [-0.15, -0.1) is 11.3 Å². The normalized spacial score (nSPS) is 12.7. The maximum Gasteiger partial charge on any atom is 0.145 e. The molecule has 0 saturated carbocycles. The lowest BCUT2D eigenvalue weighted by Crippen LogP contribution is -2.12. The molecule has 0 aliphatic rings. The highest BCUT2D eigenvalue weighted by molar-refractivity contribution is 7.16. The van der Waals surface area contributed by atoms with Gasteiger partial charge in [-0.05, 0) is 30.2 Å². The molecular weight excluding hydrogens is 280 g/mol. The van der Waals surface area contributed by atoms with Gasteiger partial charge in [-0.3, -0.25) is 0 Å². The van der Waals surface area contributed by atoms with E-state index in [2.05, 4.69) is 0 Å². The first kappa shape index (κ1) is 12.8. The average molecular weight is 290 g/mol. The van der Waals surface area contributed by atoms with Crippen LogP contribution in [-0.2, 0) is 6.42 Å². The third kappa shape index (κ3) is 2.99. The zero-order chi connectivity index (χ0) is 12.4. The number of nitrogens with two attached hydrogens (primary N) is 1. The van der Waals surface area contributed by atoms with Crippen LogP contribution in [-0.4, -0.2) is 0 Å². The summed E-state index contributed by atoms with van der Waals surface area (Å²) >= 11 is 13.0. The van der Waals surface area contributed by atoms with E-state index >= 15 is 0 Å². The van der Waals surface area contributed by atoms with Crippen molar-refractivity contribution in [2.75, 3.05) is 0 Å². The van der Waals surface area contributed by atoms with Crippen LogP contribution >= 0.6 is 34.5 Å². The lowest BCUT2D eigenvalue weighted by Gasteiger charge is -2.10. The summed E-state index contributed by atoms with van der Waals surface area (Å²) in [6, 6.07) is 8.31. The summed E-state index contributed by atoms with van der Waals surface area (Å²) in [7, 11) is 0. The summed E-state index contributed by atoms with van der Waals surface area (Å²) in [5.41, 5.74) is 6.52. The Morgan fingerprint density at radius 3 is 2.65 bits per heavy atom. The van der Waals surface area contributed by atoms with E-state index in [1.165, 1.54) is 17.4 Å². The van der Waals surface area contributed by atoms with Crippen molar-refractivity contribution >= 4 is 34.5 Å². The molecule has 1 aromatic carbocycles. The van der Waals surface area contributed by atoms with Crippen LogP contribution in [0.2, 0.25) is 9.36 Å². The maximum absolute atomic E-state index is 13.7. The van der Waals surface area contributed by atoms with Crippen molar-refractivity contribution in [3.05, 3.63) is 55.9 Å². The van der Waals surface area contributed by atoms with Crippen LogP contribution in [0.5, 0.6) is 0 Å². The molecule has 90 valence electrons. The van der Waals surface area contributed by atoms with E-state index < -0.39 is 5.82 Å². The molecule has 1 nitrogen and oxygen atoms in total. The average Bonchev–Trinajstić information content (AvgIpc) is 2.72. The lowest BCUT2D eigenvalue weighted by molar-refractivity contribution is 0.595. The summed E-state index contributed by atoms with van der Waals surface area (Å²) in [5.74, 6) is -0.396. The van der Waals surface area contributed by atoms with Crippen molar-refractivity contribution in [2.24, 2.45) is 5.73 Å². The molecular formula is C12H10Cl2FNS. The van der Waals surface area contributed by atoms with E-state index in [4.69, 9.17) is 28.9 Å². The van der Waals surface area contributed by atoms with Gasteiger partial charge in [0.1, 0.15) is 5.82 Å². The molecule has 0 radical (unpaired) electrons. The second-order valence-electron chi connectivity index (χ2n) is 3.67. The monoisotopic (exact) mass is 289 g/mol. The van der Waals surface area contributed by atoms with Gasteiger partial charge in [-0.25, -0.2) is 4.39 Å². The third-order valence-electron chi connectivity index (χ3n) is 2.43. The fourth-order valence-electron chi connectivity index (χ4n) is 1.57. The van der Waals surface area contributed by atoms with Crippen LogP contribution in [0.3, 0.4) is 0 Å². The summed E-state index contributed by atoms with van der Waals surface area (Å²) in [6.45, 7) is 0. The van der Waals surface area contributed by atoms with Gasteiger partial charge in [0.15, 0.2) is 0 Å². The third-order valence-corrected chi connectivity index (χ3v) is 4.09. The minimum atomic E-state index is -0.396. The minimum Gasteiger partial charge on any atom is -0.323 e. The molecule has 0 aliphatic carbocycles. The Hall–Kier alpha value is -0.610. The molecule has 0 spiro atoms. The van der Waals surface area contributed by atoms with E-state index in [0.717, 1.165) is 4.88 Å². The van der Waals surface area contributed by atoms with Gasteiger partial charge in [-0.1, -0.05) is 35.3 Å². The molecule has 1 unspecified atom stereocenters. The van der Waals surface area contributed by atoms with Gasteiger partial charge in [0, 0.05) is 10.9 Å². The predicted octanol–water partition coefficient (Wildman–Crippen LogP) is 4.44. The van der Waals surface area contributed by atoms with Gasteiger partial charge < -0.3 is 5.73 Å². The molecule has 0 amide bonds. The maximum atomic E-state index is 13.7. The highest BCUT2D eigenvalue weighted by atomic mass is 35.5. The first-order valence-electron chi connectivity index (χ1n) is 5.01. The first-order chi connectivity index (χ1) is 8.08. The fourth-order valence-corrected chi connectivity index (χ4v) is 2.83. The zero-order valence-corrected chi connectivity index (χ0v) is 11.1. The van der Waals surface area contributed by atoms with Crippen molar-refractivity contribution in [1.82, 2.24) is 0 Å². The number of thiophene rings is 1. The Bertz CT molecular complexity index is 527. The van der Waals surface area contributed by atoms with E-state index in [-0.39, 0.29) is 11.1 Å². The molecule has 1 aromatic heterocycles. The molecule has 2 N–H and O–H groups in total. The van der Waals surface area contributed by atoms with Gasteiger partial charge in [0.05, 0.1) is 9.36 Å². The largest absolute Gasteiger partial charge is 0.323 e. The summed E-state index contributed by atoms with van der Waals surface area (Å²) < 4.78 is 14.4. The second kappa shape index (κ2) is 5.36. The Labute approximate surface area is 113 Å². The Kier molecular flexibility index (Phi) is 4.05. The summed E-state index contributed by atoms with van der Waals surface area (Å²) in [5, 5.41) is 0.124. The Balaban J connectivity index is 2.18. The SMILES string of the molecule is NC(Cc1cccc(Cl)c1F)c1ccc(Cl)s1. The predicted molar refractivity (Wildman–Crippen MR) is 71.4 cm³/mol. The molecule has 2 rings (SSSR count). The van der Waals surface area contributed by atoms with Crippen molar-refractivity contribution in [3.8, 4) is 0 Å². The van der Waals surface area contributed by atoms with Crippen molar-refractivity contribution in [3.63, 3.8) is 0 Å². The van der Waals surface area contributed by atoms with E-state index in [1.54, 1.807) is 18.2 Å². The number of hydrogen-bond donors (Lipinski definition) is 1. The van der Waals surface area contributed by atoms with Crippen molar-refractivity contribution in [1.29, 1.82) is 0 Å². The second-order valence-corrected chi connectivity index (χ2v) is 5.82. The smallest absolute Gasteiger partial charge is 0.145 e. The summed E-state index contributed by atoms with van der Waals surface area (Å²) in [6.07, 6.45) is 0.406. The van der Waals surface area contributed by atoms with Crippen LogP contribution in [0.1, 0.15) is 16.5 Å². The fraction of sp³-hybridized carbons (Fsp3) is 0.167. The van der Waals surface area contributed by atoms with Gasteiger partial charge >= 0.3 is 0 Å². The molecule has 1 atom stereocenters. The van der Waals surface area contributed by atoms with E-state index in [0.29, 0.717) is 16.3 Å². The van der Waals surface area contributed by atoms with Gasteiger partial charge in [0.25, 0.3) is 0 Å². The van der Waals surface area contributed by atoms with Crippen LogP contribution in [0, 0.1) is 5.82 Å². The number of halogens is 3. The molecule has 1 heterocycles. The van der Waals surface area contributed by atoms with Crippen LogP contribution in [0.4, 0.5) is 4.39 Å². The van der Waals surface area contributed by atoms with Crippen LogP contribution in [0.25, 0.3) is 0 Å². The Morgan fingerprint density at radius 2 is 2.00 bits per heavy atom. The molecule has 5 heteroatoms. The number of benzene rings is 1. The summed E-state index contributed by atoms with van der Waals surface area (Å²) in [4.78, 5) is 0.939. The molecule has 0 aliphatic heterocycles. The van der Waals surface area contributed by atoms with Gasteiger partial charge in [0.2, 0.25) is 0 Å². The molecule has 0 fully saturated rings. The van der Waals surface area contributed by atoms with E-state index in [9.17, 15) is 4.39 Å². The number of hydrogen-bond acceptors (Lipinski definition) is 2. The highest BCUT2D eigenvalue weighted by Gasteiger charge is 2.13. The molecule has 17 heavy (non-hydrogen) atoms. The quantitative estimate of drug-likeness (QED) is 0.888. The molecule has 0 bridgehead atoms. The lowest BCUT2D eigenvalue weighted by atomic mass is 10.0. The number of rotatable bonds is 3. The van der Waals surface area contributed by atoms with Crippen LogP contribution in [0.15, 0.2) is 30.3 Å². The topological polar surface area (TPSA) is 26.0 Å². The molecule has 2 aromatic rings.